The van der Waals surface area contributed by atoms with Crippen LogP contribution < -0.4 is 0 Å². The Balaban J connectivity index is 1.84. The molecule has 0 aromatic rings. The molecule has 2 aliphatic heterocycles. The van der Waals surface area contributed by atoms with Gasteiger partial charge in [-0.2, -0.15) is 0 Å². The molecule has 0 aromatic heterocycles. The maximum absolute atomic E-state index is 13.3. The smallest absolute Gasteiger partial charge is 0.208 e. The number of ether oxygens (including phenoxy) is 1. The van der Waals surface area contributed by atoms with Gasteiger partial charge in [0.15, 0.2) is 11.6 Å². The summed E-state index contributed by atoms with van der Waals surface area (Å²) in [5, 5.41) is 33.9. The lowest BCUT2D eigenvalue weighted by Crippen LogP contribution is -2.85. The quantitative estimate of drug-likeness (QED) is 0.394. The molecule has 6 aliphatic rings. The number of hydrogen-bond donors (Lipinski definition) is 3. The van der Waals surface area contributed by atoms with Gasteiger partial charge in [-0.25, -0.2) is 0 Å². The van der Waals surface area contributed by atoms with E-state index in [0.29, 0.717) is 12.8 Å². The molecule has 0 amide bonds. The van der Waals surface area contributed by atoms with Crippen LogP contribution in [0.25, 0.3) is 0 Å². The predicted molar refractivity (Wildman–Crippen MR) is 90.0 cm³/mol. The van der Waals surface area contributed by atoms with Gasteiger partial charge < -0.3 is 20.1 Å². The summed E-state index contributed by atoms with van der Waals surface area (Å²) in [5.74, 6) is -6.10. The van der Waals surface area contributed by atoms with Gasteiger partial charge in [0.1, 0.15) is 11.5 Å². The van der Waals surface area contributed by atoms with Crippen LogP contribution in [0.2, 0.25) is 0 Å². The highest BCUT2D eigenvalue weighted by Gasteiger charge is 2.87. The summed E-state index contributed by atoms with van der Waals surface area (Å²) < 4.78 is 5.64. The number of fused-ring (bicyclic) bond motifs is 2. The van der Waals surface area contributed by atoms with E-state index in [4.69, 9.17) is 4.74 Å². The van der Waals surface area contributed by atoms with Crippen LogP contribution in [0.3, 0.4) is 0 Å². The first kappa shape index (κ1) is 17.7. The average molecular weight is 376 g/mol. The Morgan fingerprint density at radius 3 is 2.41 bits per heavy atom. The molecule has 2 spiro atoms. The lowest BCUT2D eigenvalue weighted by atomic mass is 9.36. The first-order valence-electron chi connectivity index (χ1n) is 9.51. The van der Waals surface area contributed by atoms with Crippen LogP contribution in [0.4, 0.5) is 0 Å². The van der Waals surface area contributed by atoms with Crippen LogP contribution in [0.1, 0.15) is 33.1 Å². The molecule has 146 valence electrons. The Kier molecular flexibility index (Phi) is 3.01. The van der Waals surface area contributed by atoms with E-state index in [0.717, 1.165) is 0 Å². The first-order chi connectivity index (χ1) is 12.5. The highest BCUT2D eigenvalue weighted by atomic mass is 16.6. The van der Waals surface area contributed by atoms with E-state index in [1.807, 2.05) is 0 Å². The van der Waals surface area contributed by atoms with Crippen molar-refractivity contribution in [2.75, 3.05) is 6.61 Å². The summed E-state index contributed by atoms with van der Waals surface area (Å²) in [6.45, 7) is 7.16. The molecule has 7 nitrogen and oxygen atoms in total. The third-order valence-corrected chi connectivity index (χ3v) is 8.43. The van der Waals surface area contributed by atoms with Crippen molar-refractivity contribution in [1.82, 2.24) is 0 Å². The SMILES string of the molecule is C=C1C(=O)C23[C@@H](CC[C@@H]1[C@@H]2O)[C@@]12CO[C@]3(O)[C@@H](O)[C@@H]1C(C)(C)CC(=O)C2=O. The number of aliphatic hydroxyl groups excluding tert-OH is 2. The molecule has 6 fully saturated rings. The summed E-state index contributed by atoms with van der Waals surface area (Å²) in [6.07, 6.45) is -2.08. The minimum atomic E-state index is -2.31. The normalized spacial score (nSPS) is 55.5. The van der Waals surface area contributed by atoms with E-state index >= 15 is 0 Å². The lowest BCUT2D eigenvalue weighted by Gasteiger charge is -2.72. The van der Waals surface area contributed by atoms with Crippen molar-refractivity contribution in [3.63, 3.8) is 0 Å². The van der Waals surface area contributed by atoms with Crippen molar-refractivity contribution in [1.29, 1.82) is 0 Å². The fourth-order valence-corrected chi connectivity index (χ4v) is 7.58. The van der Waals surface area contributed by atoms with Crippen LogP contribution in [-0.4, -0.2) is 57.3 Å². The fourth-order valence-electron chi connectivity index (χ4n) is 7.58. The lowest BCUT2D eigenvalue weighted by molar-refractivity contribution is -0.435. The molecule has 27 heavy (non-hydrogen) atoms. The molecule has 1 unspecified atom stereocenters. The fraction of sp³-hybridized carbons (Fsp3) is 0.750. The van der Waals surface area contributed by atoms with Gasteiger partial charge in [0.05, 0.1) is 18.1 Å². The molecule has 8 atom stereocenters. The van der Waals surface area contributed by atoms with Crippen LogP contribution in [-0.2, 0) is 19.1 Å². The van der Waals surface area contributed by atoms with E-state index < -0.39 is 69.3 Å². The van der Waals surface area contributed by atoms with Gasteiger partial charge >= 0.3 is 0 Å². The van der Waals surface area contributed by atoms with Crippen molar-refractivity contribution >= 4 is 17.3 Å². The second-order valence-corrected chi connectivity index (χ2v) is 9.77. The van der Waals surface area contributed by atoms with Gasteiger partial charge in [0, 0.05) is 18.3 Å². The average Bonchev–Trinajstić information content (AvgIpc) is 2.70. The zero-order valence-electron chi connectivity index (χ0n) is 15.4. The minimum absolute atomic E-state index is 0.0308. The van der Waals surface area contributed by atoms with Crippen LogP contribution in [0.5, 0.6) is 0 Å². The van der Waals surface area contributed by atoms with Crippen molar-refractivity contribution in [2.45, 2.75) is 51.1 Å². The zero-order valence-corrected chi connectivity index (χ0v) is 15.4. The van der Waals surface area contributed by atoms with Gasteiger partial charge in [0.2, 0.25) is 11.6 Å². The van der Waals surface area contributed by atoms with Crippen LogP contribution in [0, 0.1) is 34.0 Å². The molecule has 4 saturated carbocycles. The standard InChI is InChI=1S/C20H24O7/c1-8-9-4-5-11-18-7-27-20(26,19(11,13(8)22)14(9)23)16(25)12(18)17(2,3)6-10(21)15(18)24/h9,11-12,14,16,23,25-26H,1,4-7H2,2-3H3/t9-,11-,12+,14-,16-,18-,19?,20+/m0/s1. The van der Waals surface area contributed by atoms with Gasteiger partial charge in [-0.15, -0.1) is 0 Å². The molecule has 0 aromatic carbocycles. The maximum Gasteiger partial charge on any atom is 0.208 e. The number of hydrogen-bond acceptors (Lipinski definition) is 7. The van der Waals surface area contributed by atoms with Crippen LogP contribution in [0.15, 0.2) is 12.2 Å². The van der Waals surface area contributed by atoms with Crippen molar-refractivity contribution < 1.29 is 34.4 Å². The predicted octanol–water partition coefficient (Wildman–Crippen LogP) is -0.237. The summed E-state index contributed by atoms with van der Waals surface area (Å²) >= 11 is 0. The second kappa shape index (κ2) is 4.59. The van der Waals surface area contributed by atoms with Gasteiger partial charge in [-0.05, 0) is 29.7 Å². The molecule has 6 rings (SSSR count). The van der Waals surface area contributed by atoms with E-state index in [-0.39, 0.29) is 18.6 Å². The van der Waals surface area contributed by atoms with E-state index in [2.05, 4.69) is 6.58 Å². The Morgan fingerprint density at radius 1 is 1.07 bits per heavy atom. The molecule has 2 saturated heterocycles. The molecule has 2 heterocycles. The highest BCUT2D eigenvalue weighted by molar-refractivity contribution is 6.40. The number of carbonyl (C=O) groups is 3. The Bertz CT molecular complexity index is 830. The Labute approximate surface area is 156 Å². The Hall–Kier alpha value is -1.41. The molecule has 3 N–H and O–H groups in total. The zero-order chi connectivity index (χ0) is 19.7. The molecule has 0 radical (unpaired) electrons. The molecule has 4 aliphatic carbocycles. The first-order valence-corrected chi connectivity index (χ1v) is 9.51. The van der Waals surface area contributed by atoms with Crippen LogP contribution >= 0.6 is 0 Å². The third-order valence-electron chi connectivity index (χ3n) is 8.43. The summed E-state index contributed by atoms with van der Waals surface area (Å²) in [7, 11) is 0. The molecular weight excluding hydrogens is 352 g/mol. The number of aliphatic hydroxyl groups is 3. The van der Waals surface area contributed by atoms with Gasteiger partial charge in [-0.3, -0.25) is 14.4 Å². The van der Waals surface area contributed by atoms with E-state index in [9.17, 15) is 29.7 Å². The minimum Gasteiger partial charge on any atom is -0.391 e. The summed E-state index contributed by atoms with van der Waals surface area (Å²) in [6, 6.07) is 0. The number of rotatable bonds is 0. The molecule has 4 bridgehead atoms. The summed E-state index contributed by atoms with van der Waals surface area (Å²) in [4.78, 5) is 39.2. The largest absolute Gasteiger partial charge is 0.391 e. The highest BCUT2D eigenvalue weighted by Crippen LogP contribution is 2.75. The number of ketones is 3. The maximum atomic E-state index is 13.3. The number of Topliss-reactive ketones (excluding diaryl/α,β-unsaturated/α-hetero) is 3. The molecule has 7 heteroatoms. The van der Waals surface area contributed by atoms with Crippen molar-refractivity contribution in [3.8, 4) is 0 Å². The van der Waals surface area contributed by atoms with E-state index in [1.165, 1.54) is 0 Å². The molecular formula is C20H24O7. The Morgan fingerprint density at radius 2 is 1.74 bits per heavy atom. The third kappa shape index (κ3) is 1.46. The van der Waals surface area contributed by atoms with Crippen molar-refractivity contribution in [3.05, 3.63) is 12.2 Å². The topological polar surface area (TPSA) is 121 Å². The monoisotopic (exact) mass is 376 g/mol. The van der Waals surface area contributed by atoms with Gasteiger partial charge in [-0.1, -0.05) is 20.4 Å². The van der Waals surface area contributed by atoms with Gasteiger partial charge in [0.25, 0.3) is 0 Å². The van der Waals surface area contributed by atoms with Crippen molar-refractivity contribution in [2.24, 2.45) is 34.0 Å². The van der Waals surface area contributed by atoms with E-state index in [1.54, 1.807) is 13.8 Å². The second-order valence-electron chi connectivity index (χ2n) is 9.77. The summed E-state index contributed by atoms with van der Waals surface area (Å²) in [5.41, 5.74) is -3.84. The number of carbonyl (C=O) groups excluding carboxylic acids is 3.